The Morgan fingerprint density at radius 1 is 1.10 bits per heavy atom. The van der Waals surface area contributed by atoms with Gasteiger partial charge in [0, 0.05) is 18.2 Å². The van der Waals surface area contributed by atoms with Gasteiger partial charge in [-0.1, -0.05) is 66.4 Å². The average Bonchev–Trinajstić information content (AvgIpc) is 3.16. The number of thioether (sulfide) groups is 1. The lowest BCUT2D eigenvalue weighted by Crippen LogP contribution is -2.26. The van der Waals surface area contributed by atoms with E-state index in [1.54, 1.807) is 0 Å². The molecule has 2 aromatic carbocycles. The van der Waals surface area contributed by atoms with Gasteiger partial charge in [0.05, 0.1) is 5.75 Å². The summed E-state index contributed by atoms with van der Waals surface area (Å²) in [6.07, 6.45) is 1.80. The average molecular weight is 434 g/mol. The summed E-state index contributed by atoms with van der Waals surface area (Å²) < 4.78 is 1.53. The van der Waals surface area contributed by atoms with Crippen molar-refractivity contribution >= 4 is 23.3 Å². The maximum atomic E-state index is 12.3. The van der Waals surface area contributed by atoms with Gasteiger partial charge in [-0.2, -0.15) is 0 Å². The van der Waals surface area contributed by atoms with Crippen molar-refractivity contribution in [2.24, 2.45) is 0 Å². The molecule has 8 heteroatoms. The number of hydrogen-bond acceptors (Lipinski definition) is 5. The summed E-state index contributed by atoms with van der Waals surface area (Å²) in [6, 6.07) is 19.4. The number of aryl methyl sites for hydroxylation is 2. The molecule has 0 saturated carbocycles. The van der Waals surface area contributed by atoms with E-state index in [0.717, 1.165) is 24.0 Å². The van der Waals surface area contributed by atoms with Crippen LogP contribution in [-0.2, 0) is 11.2 Å². The Morgan fingerprint density at radius 3 is 2.68 bits per heavy atom. The summed E-state index contributed by atoms with van der Waals surface area (Å²) in [5.74, 6) is 0.657. The summed E-state index contributed by atoms with van der Waals surface area (Å²) >= 11 is 1.27. The summed E-state index contributed by atoms with van der Waals surface area (Å²) in [7, 11) is 0. The molecule has 0 bridgehead atoms. The lowest BCUT2D eigenvalue weighted by molar-refractivity contribution is -0.118. The number of benzene rings is 2. The minimum Gasteiger partial charge on any atom is -0.355 e. The van der Waals surface area contributed by atoms with E-state index in [0.29, 0.717) is 23.2 Å². The first kappa shape index (κ1) is 20.9. The van der Waals surface area contributed by atoms with Crippen molar-refractivity contribution in [3.8, 4) is 11.4 Å². The van der Waals surface area contributed by atoms with Crippen LogP contribution >= 0.6 is 11.8 Å². The van der Waals surface area contributed by atoms with Crippen LogP contribution in [0.4, 0.5) is 0 Å². The predicted octanol–water partition coefficient (Wildman–Crippen LogP) is 3.23. The van der Waals surface area contributed by atoms with Crippen LogP contribution in [0.1, 0.15) is 17.5 Å². The Bertz CT molecular complexity index is 1250. The van der Waals surface area contributed by atoms with Gasteiger partial charge in [0.25, 0.3) is 5.56 Å². The highest BCUT2D eigenvalue weighted by Crippen LogP contribution is 2.23. The number of nitrogens with one attached hydrogen (secondary N) is 2. The molecule has 0 aliphatic rings. The van der Waals surface area contributed by atoms with E-state index in [-0.39, 0.29) is 17.2 Å². The molecule has 0 aliphatic carbocycles. The van der Waals surface area contributed by atoms with Crippen molar-refractivity contribution in [2.75, 3.05) is 12.3 Å². The molecule has 0 fully saturated rings. The first-order chi connectivity index (χ1) is 15.1. The molecule has 0 saturated heterocycles. The van der Waals surface area contributed by atoms with Crippen LogP contribution in [0.2, 0.25) is 0 Å². The second kappa shape index (κ2) is 9.61. The van der Waals surface area contributed by atoms with Crippen LogP contribution in [0, 0.1) is 6.92 Å². The van der Waals surface area contributed by atoms with E-state index in [1.807, 2.05) is 49.4 Å². The molecule has 0 radical (unpaired) electrons. The molecule has 0 aliphatic heterocycles. The van der Waals surface area contributed by atoms with E-state index in [1.165, 1.54) is 27.9 Å². The number of fused-ring (bicyclic) bond motifs is 1. The van der Waals surface area contributed by atoms with Crippen LogP contribution in [0.5, 0.6) is 0 Å². The summed E-state index contributed by atoms with van der Waals surface area (Å²) in [4.78, 5) is 33.3. The van der Waals surface area contributed by atoms with Gasteiger partial charge >= 0.3 is 0 Å². The van der Waals surface area contributed by atoms with Crippen molar-refractivity contribution in [3.05, 3.63) is 82.1 Å². The van der Waals surface area contributed by atoms with Crippen molar-refractivity contribution < 1.29 is 4.79 Å². The minimum absolute atomic E-state index is 0.0724. The normalized spacial score (nSPS) is 11.0. The highest BCUT2D eigenvalue weighted by Gasteiger charge is 2.14. The van der Waals surface area contributed by atoms with Crippen molar-refractivity contribution in [1.82, 2.24) is 24.9 Å². The van der Waals surface area contributed by atoms with Gasteiger partial charge in [-0.25, -0.2) is 14.5 Å². The molecular formula is C23H23N5O2S. The molecular weight excluding hydrogens is 410 g/mol. The third kappa shape index (κ3) is 5.21. The monoisotopic (exact) mass is 433 g/mol. The molecule has 7 nitrogen and oxygen atoms in total. The van der Waals surface area contributed by atoms with Crippen LogP contribution in [0.15, 0.2) is 70.6 Å². The zero-order valence-electron chi connectivity index (χ0n) is 17.2. The second-order valence-electron chi connectivity index (χ2n) is 7.19. The molecule has 31 heavy (non-hydrogen) atoms. The minimum atomic E-state index is -0.261. The Kier molecular flexibility index (Phi) is 6.47. The molecule has 0 atom stereocenters. The van der Waals surface area contributed by atoms with Crippen LogP contribution in [0.3, 0.4) is 0 Å². The quantitative estimate of drug-likeness (QED) is 0.329. The number of aromatic nitrogens is 4. The SMILES string of the molecule is Cc1ccccc1-c1nc(SCC(=O)NCCCc2ccccc2)n2[nH]c(=O)cc2n1. The van der Waals surface area contributed by atoms with Crippen LogP contribution < -0.4 is 10.9 Å². The molecule has 2 aromatic heterocycles. The second-order valence-corrected chi connectivity index (χ2v) is 8.13. The Balaban J connectivity index is 1.42. The molecule has 4 aromatic rings. The predicted molar refractivity (Wildman–Crippen MR) is 122 cm³/mol. The number of rotatable bonds is 8. The molecule has 4 rings (SSSR count). The number of carbonyl (C=O) groups is 1. The van der Waals surface area contributed by atoms with Gasteiger partial charge in [-0.05, 0) is 30.9 Å². The number of carbonyl (C=O) groups excluding carboxylic acids is 1. The Hall–Kier alpha value is -3.39. The molecule has 2 heterocycles. The fourth-order valence-corrected chi connectivity index (χ4v) is 4.05. The molecule has 1 amide bonds. The van der Waals surface area contributed by atoms with E-state index in [2.05, 4.69) is 32.5 Å². The van der Waals surface area contributed by atoms with Gasteiger partial charge in [0.2, 0.25) is 5.91 Å². The molecule has 2 N–H and O–H groups in total. The van der Waals surface area contributed by atoms with Gasteiger partial charge in [0.15, 0.2) is 16.6 Å². The number of nitrogens with zero attached hydrogens (tertiary/aromatic N) is 3. The lowest BCUT2D eigenvalue weighted by Gasteiger charge is -2.09. The first-order valence-electron chi connectivity index (χ1n) is 10.1. The van der Waals surface area contributed by atoms with E-state index >= 15 is 0 Å². The summed E-state index contributed by atoms with van der Waals surface area (Å²) in [5, 5.41) is 6.16. The van der Waals surface area contributed by atoms with Crippen molar-refractivity contribution in [1.29, 1.82) is 0 Å². The third-order valence-electron chi connectivity index (χ3n) is 4.85. The maximum absolute atomic E-state index is 12.3. The number of aromatic amines is 1. The van der Waals surface area contributed by atoms with Gasteiger partial charge in [0.1, 0.15) is 0 Å². The number of hydrogen-bond donors (Lipinski definition) is 2. The lowest BCUT2D eigenvalue weighted by atomic mass is 10.1. The zero-order valence-corrected chi connectivity index (χ0v) is 18.0. The number of amides is 1. The first-order valence-corrected chi connectivity index (χ1v) is 11.1. The zero-order chi connectivity index (χ0) is 21.6. The van der Waals surface area contributed by atoms with E-state index in [4.69, 9.17) is 0 Å². The van der Waals surface area contributed by atoms with Crippen LogP contribution in [0.25, 0.3) is 17.0 Å². The molecule has 0 spiro atoms. The fraction of sp³-hybridized carbons (Fsp3) is 0.217. The summed E-state index contributed by atoms with van der Waals surface area (Å²) in [5.41, 5.74) is 3.41. The van der Waals surface area contributed by atoms with Crippen LogP contribution in [-0.4, -0.2) is 37.8 Å². The topological polar surface area (TPSA) is 92.2 Å². The highest BCUT2D eigenvalue weighted by atomic mass is 32.2. The summed E-state index contributed by atoms with van der Waals surface area (Å²) in [6.45, 7) is 2.60. The standard InChI is InChI=1S/C23H23N5O2S/c1-16-8-5-6-12-18(16)22-25-19-14-20(29)27-28(19)23(26-22)31-15-21(30)24-13-7-11-17-9-3-2-4-10-17/h2-6,8-10,12,14H,7,11,13,15H2,1H3,(H,24,30)(H,27,29). The van der Waals surface area contributed by atoms with Crippen molar-refractivity contribution in [3.63, 3.8) is 0 Å². The Labute approximate surface area is 183 Å². The molecule has 0 unspecified atom stereocenters. The maximum Gasteiger partial charge on any atom is 0.266 e. The van der Waals surface area contributed by atoms with Gasteiger partial charge in [-0.15, -0.1) is 0 Å². The van der Waals surface area contributed by atoms with E-state index in [9.17, 15) is 9.59 Å². The number of H-pyrrole nitrogens is 1. The van der Waals surface area contributed by atoms with Gasteiger partial charge < -0.3 is 5.32 Å². The van der Waals surface area contributed by atoms with Gasteiger partial charge in [-0.3, -0.25) is 14.7 Å². The molecule has 158 valence electrons. The largest absolute Gasteiger partial charge is 0.355 e. The smallest absolute Gasteiger partial charge is 0.266 e. The van der Waals surface area contributed by atoms with E-state index < -0.39 is 0 Å². The highest BCUT2D eigenvalue weighted by molar-refractivity contribution is 7.99. The fourth-order valence-electron chi connectivity index (χ4n) is 3.27. The van der Waals surface area contributed by atoms with Crippen molar-refractivity contribution in [2.45, 2.75) is 24.9 Å². The third-order valence-corrected chi connectivity index (χ3v) is 5.79. The Morgan fingerprint density at radius 2 is 1.87 bits per heavy atom.